The average Bonchev–Trinajstić information content (AvgIpc) is 3.39. The minimum atomic E-state index is -0.330. The summed E-state index contributed by atoms with van der Waals surface area (Å²) in [5.74, 6) is 0. The highest BCUT2D eigenvalue weighted by Crippen LogP contribution is 2.57. The van der Waals surface area contributed by atoms with E-state index in [9.17, 15) is 0 Å². The van der Waals surface area contributed by atoms with E-state index in [0.29, 0.717) is 0 Å². The van der Waals surface area contributed by atoms with Crippen LogP contribution in [0, 0.1) is 0 Å². The Kier molecular flexibility index (Phi) is 6.65. The molecule has 0 fully saturated rings. The van der Waals surface area contributed by atoms with Crippen molar-refractivity contribution < 1.29 is 0 Å². The summed E-state index contributed by atoms with van der Waals surface area (Å²) in [5, 5.41) is 0. The predicted octanol–water partition coefficient (Wildman–Crippen LogP) is 11.8. The number of hydrogen-bond acceptors (Lipinski definition) is 1. The van der Waals surface area contributed by atoms with Crippen LogP contribution in [0.25, 0.3) is 33.4 Å². The Bertz CT molecular complexity index is 2100. The van der Waals surface area contributed by atoms with Crippen molar-refractivity contribution in [2.24, 2.45) is 0 Å². The third-order valence-corrected chi connectivity index (χ3v) is 9.33. The Morgan fingerprint density at radius 1 is 0.400 bits per heavy atom. The van der Waals surface area contributed by atoms with Crippen molar-refractivity contribution in [2.45, 2.75) is 12.3 Å². The molecule has 1 atom stereocenters. The van der Waals surface area contributed by atoms with E-state index in [1.54, 1.807) is 0 Å². The highest BCUT2D eigenvalue weighted by Gasteiger charge is 2.43. The van der Waals surface area contributed by atoms with Crippen molar-refractivity contribution in [3.8, 4) is 33.4 Å². The third-order valence-electron chi connectivity index (χ3n) is 9.33. The Labute approximate surface area is 265 Å². The maximum absolute atomic E-state index is 2.45. The lowest BCUT2D eigenvalue weighted by molar-refractivity contribution is 0.714. The molecule has 1 aliphatic rings. The molecule has 7 aromatic rings. The Balaban J connectivity index is 1.37. The van der Waals surface area contributed by atoms with Gasteiger partial charge >= 0.3 is 0 Å². The molecule has 1 aliphatic carbocycles. The molecule has 0 aromatic heterocycles. The molecule has 7 aromatic carbocycles. The lowest BCUT2D eigenvalue weighted by atomic mass is 9.73. The monoisotopic (exact) mass is 575 g/mol. The van der Waals surface area contributed by atoms with Crippen molar-refractivity contribution in [3.63, 3.8) is 0 Å². The molecule has 0 radical (unpaired) electrons. The summed E-state index contributed by atoms with van der Waals surface area (Å²) in [6, 6.07) is 65.9. The van der Waals surface area contributed by atoms with Crippen LogP contribution < -0.4 is 4.90 Å². The lowest BCUT2D eigenvalue weighted by Gasteiger charge is -2.35. The second kappa shape index (κ2) is 11.1. The topological polar surface area (TPSA) is 3.24 Å². The van der Waals surface area contributed by atoms with E-state index in [1.807, 2.05) is 0 Å². The maximum Gasteiger partial charge on any atom is 0.0512 e. The van der Waals surface area contributed by atoms with Gasteiger partial charge in [-0.1, -0.05) is 152 Å². The van der Waals surface area contributed by atoms with Crippen molar-refractivity contribution in [1.29, 1.82) is 0 Å². The van der Waals surface area contributed by atoms with Crippen molar-refractivity contribution in [1.82, 2.24) is 0 Å². The van der Waals surface area contributed by atoms with Gasteiger partial charge in [-0.15, -0.1) is 0 Å². The van der Waals surface area contributed by atoms with E-state index in [0.717, 1.165) is 11.4 Å². The number of benzene rings is 7. The van der Waals surface area contributed by atoms with Crippen LogP contribution in [0.2, 0.25) is 0 Å². The van der Waals surface area contributed by atoms with Crippen LogP contribution >= 0.6 is 0 Å². The van der Waals surface area contributed by atoms with Gasteiger partial charge in [-0.05, 0) is 87.3 Å². The van der Waals surface area contributed by atoms with Crippen LogP contribution in [-0.2, 0) is 5.41 Å². The summed E-state index contributed by atoms with van der Waals surface area (Å²) in [7, 11) is 0. The van der Waals surface area contributed by atoms with E-state index in [2.05, 4.69) is 194 Å². The fraction of sp³-hybridized carbons (Fsp3) is 0.0455. The molecule has 0 aliphatic heterocycles. The molecule has 0 bridgehead atoms. The quantitative estimate of drug-likeness (QED) is 0.191. The van der Waals surface area contributed by atoms with Crippen LogP contribution in [0.3, 0.4) is 0 Å². The first kappa shape index (κ1) is 26.9. The van der Waals surface area contributed by atoms with Gasteiger partial charge in [0.15, 0.2) is 0 Å². The second-order valence-electron chi connectivity index (χ2n) is 11.9. The molecule has 45 heavy (non-hydrogen) atoms. The molecule has 1 nitrogen and oxygen atoms in total. The largest absolute Gasteiger partial charge is 0.310 e. The lowest BCUT2D eigenvalue weighted by Crippen LogP contribution is -2.25. The van der Waals surface area contributed by atoms with E-state index >= 15 is 0 Å². The number of fused-ring (bicyclic) bond motifs is 3. The van der Waals surface area contributed by atoms with Gasteiger partial charge in [-0.2, -0.15) is 0 Å². The zero-order chi connectivity index (χ0) is 30.2. The van der Waals surface area contributed by atoms with Gasteiger partial charge in [0.25, 0.3) is 0 Å². The van der Waals surface area contributed by atoms with Crippen molar-refractivity contribution in [3.05, 3.63) is 199 Å². The summed E-state index contributed by atoms with van der Waals surface area (Å²) in [6.07, 6.45) is 0. The Morgan fingerprint density at radius 3 is 1.64 bits per heavy atom. The fourth-order valence-corrected chi connectivity index (χ4v) is 7.15. The van der Waals surface area contributed by atoms with Gasteiger partial charge in [-0.3, -0.25) is 0 Å². The van der Waals surface area contributed by atoms with Crippen molar-refractivity contribution >= 4 is 17.1 Å². The van der Waals surface area contributed by atoms with Gasteiger partial charge in [0.2, 0.25) is 0 Å². The first-order chi connectivity index (χ1) is 22.2. The zero-order valence-electron chi connectivity index (χ0n) is 25.3. The molecule has 8 rings (SSSR count). The van der Waals surface area contributed by atoms with E-state index < -0.39 is 0 Å². The molecule has 0 heterocycles. The van der Waals surface area contributed by atoms with Gasteiger partial charge in [0.1, 0.15) is 0 Å². The highest BCUT2D eigenvalue weighted by molar-refractivity contribution is 5.92. The van der Waals surface area contributed by atoms with Crippen molar-refractivity contribution in [2.75, 3.05) is 4.90 Å². The summed E-state index contributed by atoms with van der Waals surface area (Å²) in [5.41, 5.74) is 14.5. The number of anilines is 3. The molecule has 0 spiro atoms. The van der Waals surface area contributed by atoms with E-state index in [1.165, 1.54) is 55.8 Å². The first-order valence-electron chi connectivity index (χ1n) is 15.6. The van der Waals surface area contributed by atoms with Crippen LogP contribution in [0.1, 0.15) is 23.6 Å². The fourth-order valence-electron chi connectivity index (χ4n) is 7.15. The first-order valence-corrected chi connectivity index (χ1v) is 15.6. The SMILES string of the molecule is C[C@]1(c2ccccc2)c2ccccc2-c2cccc(N(c3ccc(-c4ccccc4)cc3)c3cccc(-c4ccccc4)c3)c21. The molecule has 0 saturated heterocycles. The molecular formula is C44H33N. The van der Waals surface area contributed by atoms with Gasteiger partial charge in [0, 0.05) is 16.8 Å². The molecule has 0 saturated carbocycles. The Hall–Kier alpha value is -5.66. The summed E-state index contributed by atoms with van der Waals surface area (Å²) in [6.45, 7) is 2.40. The minimum Gasteiger partial charge on any atom is -0.310 e. The molecule has 0 N–H and O–H groups in total. The average molecular weight is 576 g/mol. The molecule has 1 heteroatoms. The summed E-state index contributed by atoms with van der Waals surface area (Å²) < 4.78 is 0. The van der Waals surface area contributed by atoms with Gasteiger partial charge in [0.05, 0.1) is 5.69 Å². The number of nitrogens with zero attached hydrogens (tertiary/aromatic N) is 1. The third kappa shape index (κ3) is 4.56. The predicted molar refractivity (Wildman–Crippen MR) is 189 cm³/mol. The number of hydrogen-bond donors (Lipinski definition) is 0. The van der Waals surface area contributed by atoms with Gasteiger partial charge < -0.3 is 4.90 Å². The maximum atomic E-state index is 2.45. The van der Waals surface area contributed by atoms with Crippen LogP contribution in [0.4, 0.5) is 17.1 Å². The standard InChI is InChI=1S/C44H33N/c1-44(36-20-9-4-10-21-36)41-25-12-11-23-39(41)40-24-14-26-42(43(40)44)45(37-29-27-34(28-30-37)32-15-5-2-6-16-32)38-22-13-19-35(31-38)33-17-7-3-8-18-33/h2-31H,1H3/t44-/m0/s1. The van der Waals surface area contributed by atoms with Crippen LogP contribution in [-0.4, -0.2) is 0 Å². The summed E-state index contributed by atoms with van der Waals surface area (Å²) in [4.78, 5) is 2.45. The van der Waals surface area contributed by atoms with Crippen LogP contribution in [0.5, 0.6) is 0 Å². The highest BCUT2D eigenvalue weighted by atomic mass is 15.1. The minimum absolute atomic E-state index is 0.330. The zero-order valence-corrected chi connectivity index (χ0v) is 25.3. The van der Waals surface area contributed by atoms with E-state index in [4.69, 9.17) is 0 Å². The van der Waals surface area contributed by atoms with Crippen LogP contribution in [0.15, 0.2) is 182 Å². The Morgan fingerprint density at radius 2 is 0.933 bits per heavy atom. The molecule has 0 amide bonds. The smallest absolute Gasteiger partial charge is 0.0512 e. The van der Waals surface area contributed by atoms with E-state index in [-0.39, 0.29) is 5.41 Å². The molecular weight excluding hydrogens is 542 g/mol. The normalized spacial score (nSPS) is 14.9. The van der Waals surface area contributed by atoms with Gasteiger partial charge in [-0.25, -0.2) is 0 Å². The molecule has 214 valence electrons. The number of rotatable bonds is 6. The summed E-state index contributed by atoms with van der Waals surface area (Å²) >= 11 is 0. The second-order valence-corrected chi connectivity index (χ2v) is 11.9. The molecule has 0 unspecified atom stereocenters.